The monoisotopic (exact) mass is 365 g/mol. The zero-order valence-electron chi connectivity index (χ0n) is 14.7. The quantitative estimate of drug-likeness (QED) is 0.889. The van der Waals surface area contributed by atoms with Gasteiger partial charge in [0.25, 0.3) is 0 Å². The highest BCUT2D eigenvalue weighted by molar-refractivity contribution is 7.11. The number of aromatic nitrogens is 1. The smallest absolute Gasteiger partial charge is 0.107 e. The van der Waals surface area contributed by atoms with Crippen LogP contribution in [-0.2, 0) is 12.0 Å². The zero-order chi connectivity index (χ0) is 16.4. The van der Waals surface area contributed by atoms with Crippen molar-refractivity contribution in [2.45, 2.75) is 38.6 Å². The number of nitrogens with two attached hydrogens (primary N) is 1. The molecule has 1 aromatic heterocycles. The van der Waals surface area contributed by atoms with Crippen molar-refractivity contribution in [3.8, 4) is 0 Å². The molecule has 0 amide bonds. The molecule has 1 aliphatic heterocycles. The van der Waals surface area contributed by atoms with Gasteiger partial charge < -0.3 is 5.73 Å². The number of hydrogen-bond acceptors (Lipinski definition) is 4. The summed E-state index contributed by atoms with van der Waals surface area (Å²) in [5, 5.41) is 1.22. The lowest BCUT2D eigenvalue weighted by molar-refractivity contribution is 0.316. The maximum Gasteiger partial charge on any atom is 0.107 e. The van der Waals surface area contributed by atoms with E-state index in [1.54, 1.807) is 0 Å². The highest BCUT2D eigenvalue weighted by Gasteiger charge is 2.33. The fourth-order valence-corrected chi connectivity index (χ4v) is 4.35. The Kier molecular flexibility index (Phi) is 6.43. The molecule has 0 saturated carbocycles. The molecular weight excluding hydrogens is 338 g/mol. The van der Waals surface area contributed by atoms with Crippen molar-refractivity contribution >= 4 is 23.7 Å². The molecule has 2 heterocycles. The number of likely N-dealkylation sites (tertiary alicyclic amines) is 1. The Morgan fingerprint density at radius 1 is 1.21 bits per heavy atom. The topological polar surface area (TPSA) is 42.2 Å². The predicted octanol–water partition coefficient (Wildman–Crippen LogP) is 4.04. The average Bonchev–Trinajstić information content (AvgIpc) is 3.15. The van der Waals surface area contributed by atoms with E-state index in [4.69, 9.17) is 5.73 Å². The molecule has 132 valence electrons. The van der Waals surface area contributed by atoms with Gasteiger partial charge in [0.2, 0.25) is 0 Å². The summed E-state index contributed by atoms with van der Waals surface area (Å²) in [4.78, 5) is 8.52. The first-order valence-electron chi connectivity index (χ1n) is 8.40. The first kappa shape index (κ1) is 19.4. The highest BCUT2D eigenvalue weighted by Crippen LogP contribution is 2.34. The van der Waals surface area contributed by atoms with Gasteiger partial charge in [-0.05, 0) is 23.4 Å². The lowest BCUT2D eigenvalue weighted by atomic mass is 9.89. The summed E-state index contributed by atoms with van der Waals surface area (Å²) in [6.07, 6.45) is 2.05. The molecule has 0 aliphatic carbocycles. The SMILES string of the molecule is CC(C)(C)c1cnc(CN2C[C@@H](CN)[C@H](c3ccccc3)C2)s1.Cl. The van der Waals surface area contributed by atoms with Gasteiger partial charge in [-0.25, -0.2) is 4.98 Å². The molecule has 0 bridgehead atoms. The van der Waals surface area contributed by atoms with Gasteiger partial charge in [-0.1, -0.05) is 51.1 Å². The minimum Gasteiger partial charge on any atom is -0.330 e. The first-order chi connectivity index (χ1) is 11.0. The van der Waals surface area contributed by atoms with Crippen molar-refractivity contribution in [1.82, 2.24) is 9.88 Å². The molecule has 2 atom stereocenters. The van der Waals surface area contributed by atoms with Gasteiger partial charge in [0.05, 0.1) is 6.54 Å². The zero-order valence-corrected chi connectivity index (χ0v) is 16.4. The summed E-state index contributed by atoms with van der Waals surface area (Å²) >= 11 is 1.85. The van der Waals surface area contributed by atoms with Gasteiger partial charge >= 0.3 is 0 Å². The summed E-state index contributed by atoms with van der Waals surface area (Å²) < 4.78 is 0. The van der Waals surface area contributed by atoms with Crippen LogP contribution >= 0.6 is 23.7 Å². The number of halogens is 1. The third-order valence-corrected chi connectivity index (χ3v) is 6.11. The van der Waals surface area contributed by atoms with E-state index in [0.29, 0.717) is 11.8 Å². The van der Waals surface area contributed by atoms with Gasteiger partial charge in [-0.15, -0.1) is 23.7 Å². The molecule has 1 aliphatic rings. The molecule has 2 N–H and O–H groups in total. The van der Waals surface area contributed by atoms with Crippen LogP contribution < -0.4 is 5.73 Å². The molecule has 24 heavy (non-hydrogen) atoms. The molecular formula is C19H28ClN3S. The van der Waals surface area contributed by atoms with E-state index in [2.05, 4.69) is 61.0 Å². The third kappa shape index (κ3) is 4.37. The minimum absolute atomic E-state index is 0. The van der Waals surface area contributed by atoms with E-state index in [1.165, 1.54) is 15.4 Å². The van der Waals surface area contributed by atoms with Crippen LogP contribution in [0.5, 0.6) is 0 Å². The minimum atomic E-state index is 0. The Morgan fingerprint density at radius 3 is 2.50 bits per heavy atom. The number of thiazole rings is 1. The Morgan fingerprint density at radius 2 is 1.92 bits per heavy atom. The van der Waals surface area contributed by atoms with Crippen molar-refractivity contribution in [3.63, 3.8) is 0 Å². The van der Waals surface area contributed by atoms with E-state index in [0.717, 1.165) is 26.2 Å². The number of hydrogen-bond donors (Lipinski definition) is 1. The van der Waals surface area contributed by atoms with Gasteiger partial charge in [-0.3, -0.25) is 4.90 Å². The fourth-order valence-electron chi connectivity index (χ4n) is 3.33. The van der Waals surface area contributed by atoms with Crippen molar-refractivity contribution < 1.29 is 0 Å². The van der Waals surface area contributed by atoms with Gasteiger partial charge in [0.1, 0.15) is 5.01 Å². The van der Waals surface area contributed by atoms with Crippen molar-refractivity contribution in [2.75, 3.05) is 19.6 Å². The van der Waals surface area contributed by atoms with Crippen molar-refractivity contribution in [3.05, 3.63) is 52.0 Å². The van der Waals surface area contributed by atoms with Crippen LogP contribution in [0.4, 0.5) is 0 Å². The van der Waals surface area contributed by atoms with Crippen molar-refractivity contribution in [1.29, 1.82) is 0 Å². The van der Waals surface area contributed by atoms with Gasteiger partial charge in [0, 0.05) is 30.1 Å². The second-order valence-electron chi connectivity index (χ2n) is 7.58. The molecule has 3 rings (SSSR count). The maximum absolute atomic E-state index is 6.04. The molecule has 0 spiro atoms. The van der Waals surface area contributed by atoms with Crippen LogP contribution in [0.25, 0.3) is 0 Å². The number of benzene rings is 1. The third-order valence-electron chi connectivity index (χ3n) is 4.70. The Bertz CT molecular complexity index is 636. The van der Waals surface area contributed by atoms with Gasteiger partial charge in [-0.2, -0.15) is 0 Å². The molecule has 1 saturated heterocycles. The molecule has 0 unspecified atom stereocenters. The first-order valence-corrected chi connectivity index (χ1v) is 9.21. The lowest BCUT2D eigenvalue weighted by Gasteiger charge is -2.16. The van der Waals surface area contributed by atoms with Crippen LogP contribution in [0.1, 0.15) is 42.1 Å². The summed E-state index contributed by atoms with van der Waals surface area (Å²) in [5.74, 6) is 1.09. The summed E-state index contributed by atoms with van der Waals surface area (Å²) in [7, 11) is 0. The standard InChI is InChI=1S/C19H27N3S.ClH/c1-19(2,3)17-10-21-18(23-17)13-22-11-15(9-20)16(12-22)14-7-5-4-6-8-14;/h4-8,10,15-16H,9,11-13,20H2,1-3H3;1H/t15-,16+;/m1./s1. The van der Waals surface area contributed by atoms with E-state index in [-0.39, 0.29) is 17.8 Å². The van der Waals surface area contributed by atoms with Crippen LogP contribution in [0, 0.1) is 5.92 Å². The molecule has 1 aromatic carbocycles. The van der Waals surface area contributed by atoms with Crippen LogP contribution in [0.2, 0.25) is 0 Å². The van der Waals surface area contributed by atoms with Crippen LogP contribution in [-0.4, -0.2) is 29.5 Å². The van der Waals surface area contributed by atoms with E-state index in [9.17, 15) is 0 Å². The Labute approximate surface area is 155 Å². The maximum atomic E-state index is 6.04. The number of rotatable bonds is 4. The fraction of sp³-hybridized carbons (Fsp3) is 0.526. The average molecular weight is 366 g/mol. The largest absolute Gasteiger partial charge is 0.330 e. The molecule has 2 aromatic rings. The summed E-state index contributed by atoms with van der Waals surface area (Å²) in [5.41, 5.74) is 7.64. The lowest BCUT2D eigenvalue weighted by Crippen LogP contribution is -2.23. The summed E-state index contributed by atoms with van der Waals surface area (Å²) in [6.45, 7) is 10.6. The normalized spacial score (nSPS) is 21.7. The highest BCUT2D eigenvalue weighted by atomic mass is 35.5. The molecule has 3 nitrogen and oxygen atoms in total. The van der Waals surface area contributed by atoms with Gasteiger partial charge in [0.15, 0.2) is 0 Å². The number of nitrogens with zero attached hydrogens (tertiary/aromatic N) is 2. The molecule has 0 radical (unpaired) electrons. The van der Waals surface area contributed by atoms with Crippen LogP contribution in [0.3, 0.4) is 0 Å². The van der Waals surface area contributed by atoms with Crippen LogP contribution in [0.15, 0.2) is 36.5 Å². The van der Waals surface area contributed by atoms with E-state index >= 15 is 0 Å². The Balaban J connectivity index is 0.00000208. The predicted molar refractivity (Wildman–Crippen MR) is 105 cm³/mol. The Hall–Kier alpha value is -0.940. The second-order valence-corrected chi connectivity index (χ2v) is 8.69. The second kappa shape index (κ2) is 7.96. The summed E-state index contributed by atoms with van der Waals surface area (Å²) in [6, 6.07) is 10.8. The van der Waals surface area contributed by atoms with E-state index < -0.39 is 0 Å². The molecule has 5 heteroatoms. The van der Waals surface area contributed by atoms with E-state index in [1.807, 2.05) is 17.5 Å². The molecule has 1 fully saturated rings. The van der Waals surface area contributed by atoms with Crippen molar-refractivity contribution in [2.24, 2.45) is 11.7 Å².